The molecule has 1 nitrogen and oxygen atoms in total. The van der Waals surface area contributed by atoms with Crippen LogP contribution < -0.4 is 5.73 Å². The fourth-order valence-corrected chi connectivity index (χ4v) is 1.62. The Kier molecular flexibility index (Phi) is 1.63. The maximum Gasteiger partial charge on any atom is 0.0441 e. The van der Waals surface area contributed by atoms with Crippen LogP contribution >= 0.6 is 11.6 Å². The minimum Gasteiger partial charge on any atom is -0.327 e. The second-order valence-corrected chi connectivity index (χ2v) is 3.43. The topological polar surface area (TPSA) is 26.0 Å². The summed E-state index contributed by atoms with van der Waals surface area (Å²) in [6.45, 7) is 0. The molecule has 0 spiro atoms. The molecule has 2 N–H and O–H groups in total. The molecule has 2 atom stereocenters. The van der Waals surface area contributed by atoms with Gasteiger partial charge >= 0.3 is 0 Å². The minimum atomic E-state index is 0.342. The molecule has 1 fully saturated rings. The van der Waals surface area contributed by atoms with Gasteiger partial charge in [-0.05, 0) is 18.1 Å². The van der Waals surface area contributed by atoms with Gasteiger partial charge in [0.1, 0.15) is 0 Å². The first kappa shape index (κ1) is 7.14. The first-order valence-electron chi connectivity index (χ1n) is 3.79. The van der Waals surface area contributed by atoms with Gasteiger partial charge in [0.15, 0.2) is 0 Å². The van der Waals surface area contributed by atoms with Crippen LogP contribution in [0.1, 0.15) is 17.9 Å². The van der Waals surface area contributed by atoms with Gasteiger partial charge in [0, 0.05) is 17.0 Å². The van der Waals surface area contributed by atoms with Crippen LogP contribution in [0.25, 0.3) is 0 Å². The molecule has 1 saturated carbocycles. The van der Waals surface area contributed by atoms with Crippen molar-refractivity contribution in [3.8, 4) is 0 Å². The Morgan fingerprint density at radius 3 is 2.55 bits per heavy atom. The molecule has 1 aromatic rings. The number of halogens is 1. The first-order valence-corrected chi connectivity index (χ1v) is 4.17. The molecule has 1 aromatic carbocycles. The summed E-state index contributed by atoms with van der Waals surface area (Å²) in [5, 5.41) is 0.852. The molecule has 2 rings (SSSR count). The zero-order valence-electron chi connectivity index (χ0n) is 6.13. The minimum absolute atomic E-state index is 0.342. The summed E-state index contributed by atoms with van der Waals surface area (Å²) in [6.07, 6.45) is 1.09. The van der Waals surface area contributed by atoms with E-state index in [9.17, 15) is 0 Å². The molecule has 0 amide bonds. The van der Waals surface area contributed by atoms with Crippen molar-refractivity contribution in [3.05, 3.63) is 34.9 Å². The van der Waals surface area contributed by atoms with Gasteiger partial charge in [0.25, 0.3) is 0 Å². The molecule has 0 saturated heterocycles. The summed E-state index contributed by atoms with van der Waals surface area (Å²) in [7, 11) is 0. The SMILES string of the molecule is N[C@@H]1CC1c1ccccc1Cl. The van der Waals surface area contributed by atoms with Crippen molar-refractivity contribution in [3.63, 3.8) is 0 Å². The van der Waals surface area contributed by atoms with E-state index in [1.165, 1.54) is 5.56 Å². The lowest BCUT2D eigenvalue weighted by molar-refractivity contribution is 0.991. The highest BCUT2D eigenvalue weighted by Crippen LogP contribution is 2.41. The molecular weight excluding hydrogens is 158 g/mol. The maximum atomic E-state index is 5.97. The molecule has 0 aromatic heterocycles. The van der Waals surface area contributed by atoms with Crippen LogP contribution in [-0.2, 0) is 0 Å². The Morgan fingerprint density at radius 1 is 1.36 bits per heavy atom. The molecule has 58 valence electrons. The van der Waals surface area contributed by atoms with E-state index in [-0.39, 0.29) is 0 Å². The van der Waals surface area contributed by atoms with Gasteiger partial charge in [-0.2, -0.15) is 0 Å². The van der Waals surface area contributed by atoms with Crippen molar-refractivity contribution in [2.45, 2.75) is 18.4 Å². The van der Waals surface area contributed by atoms with Crippen LogP contribution in [0.2, 0.25) is 5.02 Å². The van der Waals surface area contributed by atoms with Gasteiger partial charge in [-0.25, -0.2) is 0 Å². The highest BCUT2D eigenvalue weighted by Gasteiger charge is 2.35. The van der Waals surface area contributed by atoms with E-state index < -0.39 is 0 Å². The quantitative estimate of drug-likeness (QED) is 0.682. The summed E-state index contributed by atoms with van der Waals surface area (Å²) in [4.78, 5) is 0. The van der Waals surface area contributed by atoms with E-state index in [1.54, 1.807) is 0 Å². The highest BCUT2D eigenvalue weighted by molar-refractivity contribution is 6.31. The normalized spacial score (nSPS) is 28.5. The molecule has 1 aliphatic carbocycles. The second kappa shape index (κ2) is 2.50. The smallest absolute Gasteiger partial charge is 0.0441 e. The third-order valence-electron chi connectivity index (χ3n) is 2.14. The van der Waals surface area contributed by atoms with Crippen LogP contribution in [0.5, 0.6) is 0 Å². The lowest BCUT2D eigenvalue weighted by atomic mass is 10.1. The summed E-state index contributed by atoms with van der Waals surface area (Å²) in [5.41, 5.74) is 6.92. The van der Waals surface area contributed by atoms with Crippen LogP contribution in [0.15, 0.2) is 24.3 Å². The molecule has 0 aliphatic heterocycles. The number of hydrogen-bond acceptors (Lipinski definition) is 1. The summed E-state index contributed by atoms with van der Waals surface area (Å²) >= 11 is 5.97. The van der Waals surface area contributed by atoms with Crippen molar-refractivity contribution in [1.82, 2.24) is 0 Å². The van der Waals surface area contributed by atoms with Gasteiger partial charge in [-0.15, -0.1) is 0 Å². The Labute approximate surface area is 71.2 Å². The second-order valence-electron chi connectivity index (χ2n) is 3.03. The van der Waals surface area contributed by atoms with E-state index in [1.807, 2.05) is 18.2 Å². The first-order chi connectivity index (χ1) is 5.29. The van der Waals surface area contributed by atoms with Crippen molar-refractivity contribution in [2.24, 2.45) is 5.73 Å². The number of benzene rings is 1. The molecule has 0 bridgehead atoms. The largest absolute Gasteiger partial charge is 0.327 e. The average Bonchev–Trinajstić information content (AvgIpc) is 2.68. The van der Waals surface area contributed by atoms with E-state index >= 15 is 0 Å². The Morgan fingerprint density at radius 2 is 2.00 bits per heavy atom. The predicted molar refractivity (Wildman–Crippen MR) is 46.8 cm³/mol. The van der Waals surface area contributed by atoms with Gasteiger partial charge in [0.05, 0.1) is 0 Å². The van der Waals surface area contributed by atoms with E-state index in [0.29, 0.717) is 12.0 Å². The summed E-state index contributed by atoms with van der Waals surface area (Å²) < 4.78 is 0. The van der Waals surface area contributed by atoms with Crippen LogP contribution in [-0.4, -0.2) is 6.04 Å². The third kappa shape index (κ3) is 1.26. The molecule has 1 aliphatic rings. The van der Waals surface area contributed by atoms with Crippen molar-refractivity contribution >= 4 is 11.6 Å². The van der Waals surface area contributed by atoms with E-state index in [4.69, 9.17) is 17.3 Å². The van der Waals surface area contributed by atoms with Gasteiger partial charge in [-0.3, -0.25) is 0 Å². The molecule has 0 radical (unpaired) electrons. The number of rotatable bonds is 1. The van der Waals surface area contributed by atoms with Crippen LogP contribution in [0.3, 0.4) is 0 Å². The zero-order valence-corrected chi connectivity index (χ0v) is 6.88. The Balaban J connectivity index is 2.31. The Bertz CT molecular complexity index is 272. The number of nitrogens with two attached hydrogens (primary N) is 1. The zero-order chi connectivity index (χ0) is 7.84. The average molecular weight is 168 g/mol. The van der Waals surface area contributed by atoms with Gasteiger partial charge in [-0.1, -0.05) is 29.8 Å². The van der Waals surface area contributed by atoms with Crippen LogP contribution in [0.4, 0.5) is 0 Å². The molecule has 11 heavy (non-hydrogen) atoms. The Hall–Kier alpha value is -0.530. The lowest BCUT2D eigenvalue weighted by Crippen LogP contribution is -2.00. The third-order valence-corrected chi connectivity index (χ3v) is 2.49. The van der Waals surface area contributed by atoms with Crippen molar-refractivity contribution < 1.29 is 0 Å². The van der Waals surface area contributed by atoms with E-state index in [0.717, 1.165) is 11.4 Å². The lowest BCUT2D eigenvalue weighted by Gasteiger charge is -1.99. The fourth-order valence-electron chi connectivity index (χ4n) is 1.35. The molecule has 0 heterocycles. The molecule has 1 unspecified atom stereocenters. The van der Waals surface area contributed by atoms with E-state index in [2.05, 4.69) is 6.07 Å². The monoisotopic (exact) mass is 167 g/mol. The van der Waals surface area contributed by atoms with Gasteiger partial charge < -0.3 is 5.73 Å². The standard InChI is InChI=1S/C9H10ClN/c10-8-4-2-1-3-6(8)7-5-9(7)11/h1-4,7,9H,5,11H2/t7?,9-/m1/s1. The fraction of sp³-hybridized carbons (Fsp3) is 0.333. The molecular formula is C9H10ClN. The molecule has 2 heteroatoms. The van der Waals surface area contributed by atoms with Gasteiger partial charge in [0.2, 0.25) is 0 Å². The van der Waals surface area contributed by atoms with Crippen molar-refractivity contribution in [2.75, 3.05) is 0 Å². The van der Waals surface area contributed by atoms with Crippen molar-refractivity contribution in [1.29, 1.82) is 0 Å². The highest BCUT2D eigenvalue weighted by atomic mass is 35.5. The maximum absolute atomic E-state index is 5.97. The predicted octanol–water partition coefficient (Wildman–Crippen LogP) is 2.15. The number of hydrogen-bond donors (Lipinski definition) is 1. The summed E-state index contributed by atoms with van der Waals surface area (Å²) in [5.74, 6) is 0.517. The summed E-state index contributed by atoms with van der Waals surface area (Å²) in [6, 6.07) is 8.27. The van der Waals surface area contributed by atoms with Crippen LogP contribution in [0, 0.1) is 0 Å².